The molecule has 1 aromatic heterocycles. The number of carbonyl (C=O) groups excluding carboxylic acids is 1. The Hall–Kier alpha value is -1.92. The zero-order valence-electron chi connectivity index (χ0n) is 10.0. The first kappa shape index (κ1) is 12.5. The van der Waals surface area contributed by atoms with Gasteiger partial charge in [0.15, 0.2) is 5.69 Å². The summed E-state index contributed by atoms with van der Waals surface area (Å²) in [5.74, 6) is -0.751. The molecule has 1 heterocycles. The molecule has 7 heteroatoms. The van der Waals surface area contributed by atoms with E-state index >= 15 is 0 Å². The molecule has 1 fully saturated rings. The third-order valence-corrected chi connectivity index (χ3v) is 3.09. The van der Waals surface area contributed by atoms with Crippen LogP contribution in [-0.4, -0.2) is 38.5 Å². The zero-order chi connectivity index (χ0) is 13.0. The number of nitrogens with one attached hydrogen (secondary N) is 1. The normalized spacial score (nSPS) is 15.8. The van der Waals surface area contributed by atoms with E-state index in [1.807, 2.05) is 0 Å². The van der Waals surface area contributed by atoms with Crippen molar-refractivity contribution in [1.29, 1.82) is 0 Å². The Morgan fingerprint density at radius 1 is 1.44 bits per heavy atom. The SMILES string of the molecule is O=C(O)Cn1cc(C(=O)NCC2CCCC2)nn1. The molecule has 1 amide bonds. The topological polar surface area (TPSA) is 97.1 Å². The summed E-state index contributed by atoms with van der Waals surface area (Å²) in [6.07, 6.45) is 6.13. The van der Waals surface area contributed by atoms with Gasteiger partial charge in [0.1, 0.15) is 6.54 Å². The third-order valence-electron chi connectivity index (χ3n) is 3.09. The second kappa shape index (κ2) is 5.61. The number of carboxylic acid groups (broad SMARTS) is 1. The minimum Gasteiger partial charge on any atom is -0.480 e. The van der Waals surface area contributed by atoms with E-state index in [9.17, 15) is 9.59 Å². The van der Waals surface area contributed by atoms with Crippen molar-refractivity contribution in [2.24, 2.45) is 5.92 Å². The van der Waals surface area contributed by atoms with Crippen LogP contribution in [0.15, 0.2) is 6.20 Å². The minimum absolute atomic E-state index is 0.161. The van der Waals surface area contributed by atoms with Gasteiger partial charge in [0.2, 0.25) is 0 Å². The predicted octanol–water partition coefficient (Wildman–Crippen LogP) is 0.283. The lowest BCUT2D eigenvalue weighted by molar-refractivity contribution is -0.137. The molecule has 0 aromatic carbocycles. The van der Waals surface area contributed by atoms with Crippen molar-refractivity contribution in [3.8, 4) is 0 Å². The summed E-state index contributed by atoms with van der Waals surface area (Å²) in [5.41, 5.74) is 0.161. The fourth-order valence-corrected chi connectivity index (χ4v) is 2.16. The molecule has 0 radical (unpaired) electrons. The van der Waals surface area contributed by atoms with Gasteiger partial charge in [-0.3, -0.25) is 9.59 Å². The van der Waals surface area contributed by atoms with E-state index in [4.69, 9.17) is 5.11 Å². The molecule has 1 aliphatic rings. The molecule has 2 N–H and O–H groups in total. The fraction of sp³-hybridized carbons (Fsp3) is 0.636. The van der Waals surface area contributed by atoms with Gasteiger partial charge in [0.05, 0.1) is 6.20 Å². The van der Waals surface area contributed by atoms with Gasteiger partial charge >= 0.3 is 5.97 Å². The molecule has 1 saturated carbocycles. The molecule has 1 aliphatic carbocycles. The summed E-state index contributed by atoms with van der Waals surface area (Å²) in [4.78, 5) is 22.2. The van der Waals surface area contributed by atoms with Crippen LogP contribution in [0.3, 0.4) is 0 Å². The number of amides is 1. The predicted molar refractivity (Wildman–Crippen MR) is 61.9 cm³/mol. The van der Waals surface area contributed by atoms with E-state index in [-0.39, 0.29) is 18.1 Å². The maximum absolute atomic E-state index is 11.7. The lowest BCUT2D eigenvalue weighted by Crippen LogP contribution is -2.28. The number of hydrogen-bond acceptors (Lipinski definition) is 4. The van der Waals surface area contributed by atoms with E-state index in [1.54, 1.807) is 0 Å². The first-order valence-corrected chi connectivity index (χ1v) is 6.05. The van der Waals surface area contributed by atoms with Crippen molar-refractivity contribution in [3.05, 3.63) is 11.9 Å². The number of rotatable bonds is 5. The first-order valence-electron chi connectivity index (χ1n) is 6.05. The van der Waals surface area contributed by atoms with Gasteiger partial charge in [-0.2, -0.15) is 0 Å². The van der Waals surface area contributed by atoms with Gasteiger partial charge < -0.3 is 10.4 Å². The van der Waals surface area contributed by atoms with E-state index < -0.39 is 5.97 Å². The largest absolute Gasteiger partial charge is 0.480 e. The third kappa shape index (κ3) is 3.28. The van der Waals surface area contributed by atoms with Crippen LogP contribution in [0.4, 0.5) is 0 Å². The fourth-order valence-electron chi connectivity index (χ4n) is 2.16. The number of aliphatic carboxylic acids is 1. The van der Waals surface area contributed by atoms with Crippen molar-refractivity contribution in [2.75, 3.05) is 6.54 Å². The molecule has 0 bridgehead atoms. The average Bonchev–Trinajstić information content (AvgIpc) is 2.95. The van der Waals surface area contributed by atoms with Gasteiger partial charge in [-0.05, 0) is 18.8 Å². The second-order valence-corrected chi connectivity index (χ2v) is 4.56. The monoisotopic (exact) mass is 252 g/mol. The Balaban J connectivity index is 1.84. The molecule has 0 spiro atoms. The quantitative estimate of drug-likeness (QED) is 0.784. The summed E-state index contributed by atoms with van der Waals surface area (Å²) in [6, 6.07) is 0. The summed E-state index contributed by atoms with van der Waals surface area (Å²) in [5, 5.41) is 18.6. The molecule has 0 saturated heterocycles. The van der Waals surface area contributed by atoms with Gasteiger partial charge in [-0.1, -0.05) is 18.1 Å². The molecular weight excluding hydrogens is 236 g/mol. The lowest BCUT2D eigenvalue weighted by atomic mass is 10.1. The molecule has 7 nitrogen and oxygen atoms in total. The number of aromatic nitrogens is 3. The highest BCUT2D eigenvalue weighted by Crippen LogP contribution is 2.23. The van der Waals surface area contributed by atoms with Crippen molar-refractivity contribution in [2.45, 2.75) is 32.2 Å². The number of carbonyl (C=O) groups is 2. The molecule has 0 aliphatic heterocycles. The number of hydrogen-bond donors (Lipinski definition) is 2. The van der Waals surface area contributed by atoms with Gasteiger partial charge in [-0.25, -0.2) is 4.68 Å². The summed E-state index contributed by atoms with van der Waals surface area (Å²) in [7, 11) is 0. The minimum atomic E-state index is -1.02. The molecule has 0 atom stereocenters. The van der Waals surface area contributed by atoms with E-state index in [2.05, 4.69) is 15.6 Å². The van der Waals surface area contributed by atoms with Crippen LogP contribution < -0.4 is 5.32 Å². The molecule has 2 rings (SSSR count). The molecule has 98 valence electrons. The van der Waals surface area contributed by atoms with Crippen molar-refractivity contribution in [3.63, 3.8) is 0 Å². The van der Waals surface area contributed by atoms with Crippen molar-refractivity contribution in [1.82, 2.24) is 20.3 Å². The Bertz CT molecular complexity index is 437. The Labute approximate surface area is 104 Å². The Morgan fingerprint density at radius 3 is 2.83 bits per heavy atom. The van der Waals surface area contributed by atoms with Crippen molar-refractivity contribution >= 4 is 11.9 Å². The molecule has 1 aromatic rings. The van der Waals surface area contributed by atoms with Crippen LogP contribution in [-0.2, 0) is 11.3 Å². The highest BCUT2D eigenvalue weighted by atomic mass is 16.4. The van der Waals surface area contributed by atoms with Crippen LogP contribution in [0.25, 0.3) is 0 Å². The summed E-state index contributed by atoms with van der Waals surface area (Å²) in [6.45, 7) is 0.369. The van der Waals surface area contributed by atoms with Gasteiger partial charge in [0, 0.05) is 6.54 Å². The van der Waals surface area contributed by atoms with E-state index in [0.29, 0.717) is 12.5 Å². The lowest BCUT2D eigenvalue weighted by Gasteiger charge is -2.08. The average molecular weight is 252 g/mol. The van der Waals surface area contributed by atoms with Crippen LogP contribution in [0.5, 0.6) is 0 Å². The standard InChI is InChI=1S/C11H16N4O3/c16-10(17)7-15-6-9(13-14-15)11(18)12-5-8-3-1-2-4-8/h6,8H,1-5,7H2,(H,12,18)(H,16,17). The van der Waals surface area contributed by atoms with E-state index in [1.165, 1.54) is 19.0 Å². The Kier molecular flexibility index (Phi) is 3.91. The first-order chi connectivity index (χ1) is 8.65. The highest BCUT2D eigenvalue weighted by Gasteiger charge is 2.17. The van der Waals surface area contributed by atoms with Crippen LogP contribution >= 0.6 is 0 Å². The molecular formula is C11H16N4O3. The zero-order valence-corrected chi connectivity index (χ0v) is 10.0. The Morgan fingerprint density at radius 2 is 2.17 bits per heavy atom. The number of nitrogens with zero attached hydrogens (tertiary/aromatic N) is 3. The van der Waals surface area contributed by atoms with Crippen LogP contribution in [0.2, 0.25) is 0 Å². The summed E-state index contributed by atoms with van der Waals surface area (Å²) >= 11 is 0. The molecule has 18 heavy (non-hydrogen) atoms. The van der Waals surface area contributed by atoms with Crippen molar-refractivity contribution < 1.29 is 14.7 Å². The number of carboxylic acids is 1. The summed E-state index contributed by atoms with van der Waals surface area (Å²) < 4.78 is 1.13. The van der Waals surface area contributed by atoms with Gasteiger partial charge in [-0.15, -0.1) is 5.10 Å². The highest BCUT2D eigenvalue weighted by molar-refractivity contribution is 5.91. The van der Waals surface area contributed by atoms with Crippen LogP contribution in [0.1, 0.15) is 36.2 Å². The second-order valence-electron chi connectivity index (χ2n) is 4.56. The van der Waals surface area contributed by atoms with Gasteiger partial charge in [0.25, 0.3) is 5.91 Å². The maximum atomic E-state index is 11.7. The maximum Gasteiger partial charge on any atom is 0.325 e. The smallest absolute Gasteiger partial charge is 0.325 e. The molecule has 0 unspecified atom stereocenters. The van der Waals surface area contributed by atoms with E-state index in [0.717, 1.165) is 17.5 Å². The van der Waals surface area contributed by atoms with Crippen LogP contribution in [0, 0.1) is 5.92 Å².